The van der Waals surface area contributed by atoms with Crippen LogP contribution in [0.4, 0.5) is 0 Å². The Hall–Kier alpha value is -3.77. The van der Waals surface area contributed by atoms with Gasteiger partial charge < -0.3 is 19.2 Å². The minimum Gasteiger partial charge on any atom is -0.497 e. The molecule has 162 valence electrons. The maximum atomic E-state index is 12.9. The fraction of sp³-hybridized carbons (Fsp3) is 0.120. The highest BCUT2D eigenvalue weighted by Gasteiger charge is 2.18. The summed E-state index contributed by atoms with van der Waals surface area (Å²) in [6.45, 7) is 0.312. The van der Waals surface area contributed by atoms with Gasteiger partial charge in [-0.05, 0) is 35.9 Å². The van der Waals surface area contributed by atoms with E-state index in [9.17, 15) is 4.79 Å². The van der Waals surface area contributed by atoms with Crippen LogP contribution in [-0.2, 0) is 6.54 Å². The quantitative estimate of drug-likeness (QED) is 0.398. The Morgan fingerprint density at radius 1 is 1.00 bits per heavy atom. The number of carbonyl (C=O) groups is 1. The Balaban J connectivity index is 1.60. The maximum Gasteiger partial charge on any atom is 0.252 e. The van der Waals surface area contributed by atoms with Crippen molar-refractivity contribution in [3.63, 3.8) is 0 Å². The van der Waals surface area contributed by atoms with Crippen LogP contribution in [0.25, 0.3) is 22.8 Å². The summed E-state index contributed by atoms with van der Waals surface area (Å²) >= 11 is 6.19. The first-order valence-corrected chi connectivity index (χ1v) is 10.3. The molecule has 1 heterocycles. The molecule has 6 nitrogen and oxygen atoms in total. The zero-order valence-corrected chi connectivity index (χ0v) is 18.3. The lowest BCUT2D eigenvalue weighted by Crippen LogP contribution is -2.23. The first kappa shape index (κ1) is 21.5. The number of oxazole rings is 1. The van der Waals surface area contributed by atoms with Crippen LogP contribution < -0.4 is 14.8 Å². The first-order valence-electron chi connectivity index (χ1n) is 9.90. The van der Waals surface area contributed by atoms with Crippen molar-refractivity contribution in [1.29, 1.82) is 0 Å². The van der Waals surface area contributed by atoms with Gasteiger partial charge in [0.15, 0.2) is 5.76 Å². The highest BCUT2D eigenvalue weighted by Crippen LogP contribution is 2.35. The second-order valence-electron chi connectivity index (χ2n) is 6.92. The molecule has 0 aliphatic heterocycles. The first-order chi connectivity index (χ1) is 15.6. The molecular formula is C25H21ClN2O4. The van der Waals surface area contributed by atoms with E-state index in [4.69, 9.17) is 25.5 Å². The minimum absolute atomic E-state index is 0.248. The Bertz CT molecular complexity index is 1250. The number of amides is 1. The topological polar surface area (TPSA) is 73.6 Å². The number of hydrogen-bond acceptors (Lipinski definition) is 5. The molecule has 3 aromatic carbocycles. The number of ether oxygens (including phenoxy) is 2. The van der Waals surface area contributed by atoms with Crippen molar-refractivity contribution in [2.45, 2.75) is 6.54 Å². The second-order valence-corrected chi connectivity index (χ2v) is 7.32. The van der Waals surface area contributed by atoms with Gasteiger partial charge in [0.2, 0.25) is 5.89 Å². The molecule has 0 saturated carbocycles. The molecule has 0 atom stereocenters. The Kier molecular flexibility index (Phi) is 6.42. The number of methoxy groups -OCH3 is 2. The minimum atomic E-state index is -0.248. The predicted octanol–water partition coefficient (Wildman–Crippen LogP) is 5.61. The van der Waals surface area contributed by atoms with Crippen molar-refractivity contribution in [3.05, 3.63) is 89.1 Å². The molecule has 0 bridgehead atoms. The number of nitrogens with one attached hydrogen (secondary N) is 1. The number of rotatable bonds is 7. The molecule has 4 rings (SSSR count). The van der Waals surface area contributed by atoms with E-state index >= 15 is 0 Å². The average molecular weight is 449 g/mol. The van der Waals surface area contributed by atoms with E-state index < -0.39 is 0 Å². The molecule has 0 unspecified atom stereocenters. The van der Waals surface area contributed by atoms with Gasteiger partial charge >= 0.3 is 0 Å². The highest BCUT2D eigenvalue weighted by atomic mass is 35.5. The monoisotopic (exact) mass is 448 g/mol. The van der Waals surface area contributed by atoms with Gasteiger partial charge in [0.1, 0.15) is 11.5 Å². The van der Waals surface area contributed by atoms with Crippen LogP contribution in [-0.4, -0.2) is 25.1 Å². The summed E-state index contributed by atoms with van der Waals surface area (Å²) in [6.07, 6.45) is 1.61. The zero-order valence-electron chi connectivity index (χ0n) is 17.6. The Morgan fingerprint density at radius 3 is 2.56 bits per heavy atom. The largest absolute Gasteiger partial charge is 0.497 e. The van der Waals surface area contributed by atoms with Crippen LogP contribution in [0.2, 0.25) is 5.02 Å². The number of aromatic nitrogens is 1. The second kappa shape index (κ2) is 9.58. The molecule has 0 spiro atoms. The lowest BCUT2D eigenvalue weighted by atomic mass is 10.1. The van der Waals surface area contributed by atoms with Gasteiger partial charge in [-0.2, -0.15) is 0 Å². The molecule has 0 fully saturated rings. The Labute approximate surface area is 190 Å². The molecule has 7 heteroatoms. The van der Waals surface area contributed by atoms with Crippen molar-refractivity contribution < 1.29 is 18.7 Å². The van der Waals surface area contributed by atoms with Crippen LogP contribution in [0.15, 0.2) is 77.3 Å². The number of hydrogen-bond donors (Lipinski definition) is 1. The van der Waals surface area contributed by atoms with Crippen molar-refractivity contribution in [1.82, 2.24) is 10.3 Å². The zero-order chi connectivity index (χ0) is 22.5. The summed E-state index contributed by atoms with van der Waals surface area (Å²) in [6, 6.07) is 20.0. The van der Waals surface area contributed by atoms with E-state index in [1.54, 1.807) is 50.7 Å². The van der Waals surface area contributed by atoms with Crippen molar-refractivity contribution in [2.24, 2.45) is 0 Å². The Morgan fingerprint density at radius 2 is 1.78 bits per heavy atom. The third kappa shape index (κ3) is 4.45. The van der Waals surface area contributed by atoms with Crippen LogP contribution in [0, 0.1) is 0 Å². The predicted molar refractivity (Wildman–Crippen MR) is 123 cm³/mol. The number of halogens is 1. The third-order valence-electron chi connectivity index (χ3n) is 4.98. The summed E-state index contributed by atoms with van der Waals surface area (Å²) in [5.41, 5.74) is 2.61. The van der Waals surface area contributed by atoms with Gasteiger partial charge in [-0.15, -0.1) is 0 Å². The van der Waals surface area contributed by atoms with Crippen LogP contribution in [0.1, 0.15) is 15.9 Å². The maximum absolute atomic E-state index is 12.9. The third-order valence-corrected chi connectivity index (χ3v) is 5.35. The van der Waals surface area contributed by atoms with Crippen LogP contribution in [0.5, 0.6) is 11.5 Å². The summed E-state index contributed by atoms with van der Waals surface area (Å²) in [4.78, 5) is 17.3. The van der Waals surface area contributed by atoms with E-state index in [1.807, 2.05) is 36.4 Å². The highest BCUT2D eigenvalue weighted by molar-refractivity contribution is 6.31. The van der Waals surface area contributed by atoms with E-state index in [0.29, 0.717) is 45.8 Å². The van der Waals surface area contributed by atoms with Gasteiger partial charge in [-0.25, -0.2) is 4.98 Å². The molecule has 0 aliphatic rings. The van der Waals surface area contributed by atoms with Gasteiger partial charge in [-0.1, -0.05) is 41.9 Å². The fourth-order valence-corrected chi connectivity index (χ4v) is 3.51. The number of benzene rings is 3. The lowest BCUT2D eigenvalue weighted by Gasteiger charge is -2.10. The van der Waals surface area contributed by atoms with Gasteiger partial charge in [0.25, 0.3) is 5.91 Å². The molecule has 0 saturated heterocycles. The normalized spacial score (nSPS) is 10.6. The van der Waals surface area contributed by atoms with Gasteiger partial charge in [0.05, 0.1) is 31.5 Å². The standard InChI is InChI=1S/C25H21ClN2O4/c1-30-17-11-12-20(22(13-17)31-2)23-15-28-25(32-23)19-9-5-4-8-18(19)24(29)27-14-16-7-3-6-10-21(16)26/h3-13,15H,14H2,1-2H3,(H,27,29). The SMILES string of the molecule is COc1ccc(-c2cnc(-c3ccccc3C(=O)NCc3ccccc3Cl)o2)c(OC)c1. The molecule has 0 aliphatic carbocycles. The molecule has 0 radical (unpaired) electrons. The molecule has 1 aromatic heterocycles. The van der Waals surface area contributed by atoms with E-state index in [-0.39, 0.29) is 5.91 Å². The van der Waals surface area contributed by atoms with E-state index in [0.717, 1.165) is 11.1 Å². The molecule has 1 amide bonds. The van der Waals surface area contributed by atoms with Gasteiger partial charge in [0, 0.05) is 23.2 Å². The van der Waals surface area contributed by atoms with Gasteiger partial charge in [-0.3, -0.25) is 4.79 Å². The van der Waals surface area contributed by atoms with E-state index in [2.05, 4.69) is 10.3 Å². The molecule has 4 aromatic rings. The van der Waals surface area contributed by atoms with Crippen LogP contribution >= 0.6 is 11.6 Å². The molecule has 1 N–H and O–H groups in total. The smallest absolute Gasteiger partial charge is 0.252 e. The summed E-state index contributed by atoms with van der Waals surface area (Å²) in [7, 11) is 3.17. The average Bonchev–Trinajstić information content (AvgIpc) is 3.33. The summed E-state index contributed by atoms with van der Waals surface area (Å²) < 4.78 is 16.7. The van der Waals surface area contributed by atoms with Crippen molar-refractivity contribution >= 4 is 17.5 Å². The number of carbonyl (C=O) groups excluding carboxylic acids is 1. The van der Waals surface area contributed by atoms with Crippen molar-refractivity contribution in [2.75, 3.05) is 14.2 Å². The molecular weight excluding hydrogens is 428 g/mol. The summed E-state index contributed by atoms with van der Waals surface area (Å²) in [5.74, 6) is 1.87. The molecule has 32 heavy (non-hydrogen) atoms. The fourth-order valence-electron chi connectivity index (χ4n) is 3.31. The summed E-state index contributed by atoms with van der Waals surface area (Å²) in [5, 5.41) is 3.51. The van der Waals surface area contributed by atoms with Crippen LogP contribution in [0.3, 0.4) is 0 Å². The van der Waals surface area contributed by atoms with E-state index in [1.165, 1.54) is 0 Å². The lowest BCUT2D eigenvalue weighted by molar-refractivity contribution is 0.0951. The number of nitrogens with zero attached hydrogens (tertiary/aromatic N) is 1. The van der Waals surface area contributed by atoms with Crippen molar-refractivity contribution in [3.8, 4) is 34.3 Å².